The number of hydrogen-bond acceptors (Lipinski definition) is 8. The second-order valence-electron chi connectivity index (χ2n) is 6.03. The zero-order valence-electron chi connectivity index (χ0n) is 16.7. The van der Waals surface area contributed by atoms with Crippen LogP contribution in [0.4, 0.5) is 0 Å². The third kappa shape index (κ3) is 3.22. The molecular weight excluding hydrogens is 378 g/mol. The lowest BCUT2D eigenvalue weighted by Crippen LogP contribution is -2.06. The molecule has 0 saturated carbocycles. The zero-order chi connectivity index (χ0) is 21.1. The van der Waals surface area contributed by atoms with Crippen LogP contribution in [0.2, 0.25) is 0 Å². The van der Waals surface area contributed by atoms with E-state index in [0.717, 1.165) is 0 Å². The smallest absolute Gasteiger partial charge is 0.339 e. The maximum atomic E-state index is 12.8. The summed E-state index contributed by atoms with van der Waals surface area (Å²) in [6, 6.07) is 6.80. The second kappa shape index (κ2) is 8.14. The summed E-state index contributed by atoms with van der Waals surface area (Å²) in [5.74, 6) is 1.27. The van der Waals surface area contributed by atoms with Gasteiger partial charge in [-0.2, -0.15) is 0 Å². The normalized spacial score (nSPS) is 11.1. The topological polar surface area (TPSA) is 95.8 Å². The Bertz CT molecular complexity index is 1050. The minimum atomic E-state index is -0.535. The Morgan fingerprint density at radius 3 is 1.45 bits per heavy atom. The predicted molar refractivity (Wildman–Crippen MR) is 108 cm³/mol. The van der Waals surface area contributed by atoms with E-state index in [4.69, 9.17) is 23.7 Å². The van der Waals surface area contributed by atoms with E-state index in [1.54, 1.807) is 24.3 Å². The van der Waals surface area contributed by atoms with E-state index in [1.165, 1.54) is 41.8 Å². The van der Waals surface area contributed by atoms with Crippen LogP contribution in [0.1, 0.15) is 15.9 Å². The van der Waals surface area contributed by atoms with Crippen molar-refractivity contribution in [3.8, 4) is 23.0 Å². The first-order valence-electron chi connectivity index (χ1n) is 8.57. The molecule has 1 N–H and O–H groups in total. The maximum Gasteiger partial charge on any atom is 0.339 e. The van der Waals surface area contributed by atoms with E-state index in [-0.39, 0.29) is 0 Å². The lowest BCUT2D eigenvalue weighted by molar-refractivity contribution is 0.0605. The van der Waals surface area contributed by atoms with Gasteiger partial charge in [0.2, 0.25) is 0 Å². The lowest BCUT2D eigenvalue weighted by atomic mass is 9.91. The van der Waals surface area contributed by atoms with Crippen LogP contribution in [0.15, 0.2) is 29.4 Å². The number of esters is 1. The van der Waals surface area contributed by atoms with E-state index in [2.05, 4.69) is 5.16 Å². The van der Waals surface area contributed by atoms with Gasteiger partial charge in [0.15, 0.2) is 23.0 Å². The lowest BCUT2D eigenvalue weighted by Gasteiger charge is -2.18. The SMILES string of the molecule is COC(=O)c1c2cc(OC)c(OC)cc2c(/C=N/O)c2cc(OC)c(OC)cc12. The molecule has 29 heavy (non-hydrogen) atoms. The number of carbonyl (C=O) groups excluding carboxylic acids is 1. The van der Waals surface area contributed by atoms with Crippen molar-refractivity contribution in [1.29, 1.82) is 0 Å². The first kappa shape index (κ1) is 20.1. The highest BCUT2D eigenvalue weighted by Crippen LogP contribution is 2.42. The summed E-state index contributed by atoms with van der Waals surface area (Å²) in [5, 5.41) is 14.8. The van der Waals surface area contributed by atoms with Gasteiger partial charge in [0.1, 0.15) is 0 Å². The van der Waals surface area contributed by atoms with Crippen molar-refractivity contribution in [2.75, 3.05) is 35.5 Å². The van der Waals surface area contributed by atoms with Gasteiger partial charge in [-0.25, -0.2) is 4.79 Å². The molecule has 0 aliphatic rings. The van der Waals surface area contributed by atoms with Crippen molar-refractivity contribution >= 4 is 33.7 Å². The van der Waals surface area contributed by atoms with Gasteiger partial charge in [0.05, 0.1) is 47.3 Å². The van der Waals surface area contributed by atoms with Gasteiger partial charge in [-0.15, -0.1) is 0 Å². The Morgan fingerprint density at radius 1 is 0.759 bits per heavy atom. The fraction of sp³-hybridized carbons (Fsp3) is 0.238. The third-order valence-electron chi connectivity index (χ3n) is 4.74. The molecule has 0 saturated heterocycles. The van der Waals surface area contributed by atoms with Crippen LogP contribution in [0.25, 0.3) is 21.5 Å². The highest BCUT2D eigenvalue weighted by molar-refractivity contribution is 6.23. The molecule has 0 heterocycles. The van der Waals surface area contributed by atoms with E-state index in [9.17, 15) is 10.0 Å². The second-order valence-corrected chi connectivity index (χ2v) is 6.03. The van der Waals surface area contributed by atoms with Gasteiger partial charge in [-0.05, 0) is 35.0 Å². The van der Waals surface area contributed by atoms with Crippen LogP contribution < -0.4 is 18.9 Å². The van der Waals surface area contributed by atoms with E-state index in [0.29, 0.717) is 55.7 Å². The molecule has 0 radical (unpaired) electrons. The number of rotatable bonds is 6. The van der Waals surface area contributed by atoms with Crippen LogP contribution in [0.5, 0.6) is 23.0 Å². The Labute approximate surface area is 167 Å². The van der Waals surface area contributed by atoms with Crippen LogP contribution in [0, 0.1) is 0 Å². The highest BCUT2D eigenvalue weighted by Gasteiger charge is 2.23. The fourth-order valence-electron chi connectivity index (χ4n) is 3.43. The monoisotopic (exact) mass is 399 g/mol. The number of fused-ring (bicyclic) bond motifs is 2. The van der Waals surface area contributed by atoms with E-state index in [1.807, 2.05) is 0 Å². The quantitative estimate of drug-likeness (QED) is 0.222. The number of benzene rings is 3. The average Bonchev–Trinajstić information content (AvgIpc) is 2.76. The summed E-state index contributed by atoms with van der Waals surface area (Å²) in [7, 11) is 7.35. The van der Waals surface area contributed by atoms with Gasteiger partial charge >= 0.3 is 5.97 Å². The van der Waals surface area contributed by atoms with Crippen molar-refractivity contribution in [1.82, 2.24) is 0 Å². The molecule has 0 aliphatic heterocycles. The van der Waals surface area contributed by atoms with Crippen molar-refractivity contribution < 1.29 is 33.7 Å². The Kier molecular flexibility index (Phi) is 5.63. The molecule has 3 rings (SSSR count). The molecule has 3 aromatic rings. The number of oxime groups is 1. The number of carbonyl (C=O) groups is 1. The minimum Gasteiger partial charge on any atom is -0.493 e. The molecule has 152 valence electrons. The minimum absolute atomic E-state index is 0.314. The third-order valence-corrected chi connectivity index (χ3v) is 4.74. The number of nitrogens with zero attached hydrogens (tertiary/aromatic N) is 1. The highest BCUT2D eigenvalue weighted by atomic mass is 16.5. The Hall–Kier alpha value is -3.68. The molecule has 0 atom stereocenters. The summed E-state index contributed by atoms with van der Waals surface area (Å²) in [4.78, 5) is 12.8. The molecule has 0 aliphatic carbocycles. The van der Waals surface area contributed by atoms with E-state index < -0.39 is 5.97 Å². The fourth-order valence-corrected chi connectivity index (χ4v) is 3.43. The van der Waals surface area contributed by atoms with Gasteiger partial charge in [0.25, 0.3) is 0 Å². The van der Waals surface area contributed by atoms with Crippen molar-refractivity contribution in [2.24, 2.45) is 5.16 Å². The van der Waals surface area contributed by atoms with Gasteiger partial charge < -0.3 is 28.9 Å². The molecule has 3 aromatic carbocycles. The molecule has 0 fully saturated rings. The van der Waals surface area contributed by atoms with Crippen LogP contribution in [-0.2, 0) is 4.74 Å². The molecule has 0 unspecified atom stereocenters. The standard InChI is InChI=1S/C21H21NO7/c1-25-16-6-11-13(8-18(16)27-3)20(21(23)29-5)14-9-19(28-4)17(26-2)7-12(14)15(11)10-22-24/h6-10,24H,1-5H3/b22-10+. The summed E-state index contributed by atoms with van der Waals surface area (Å²) in [5.41, 5.74) is 0.876. The summed E-state index contributed by atoms with van der Waals surface area (Å²) in [6.07, 6.45) is 1.30. The zero-order valence-corrected chi connectivity index (χ0v) is 16.7. The Balaban J connectivity index is 2.65. The average molecular weight is 399 g/mol. The summed E-state index contributed by atoms with van der Waals surface area (Å²) >= 11 is 0. The number of methoxy groups -OCH3 is 5. The molecule has 8 heteroatoms. The first-order chi connectivity index (χ1) is 14.0. The van der Waals surface area contributed by atoms with Gasteiger partial charge in [-0.3, -0.25) is 0 Å². The van der Waals surface area contributed by atoms with Crippen LogP contribution in [0.3, 0.4) is 0 Å². The van der Waals surface area contributed by atoms with Gasteiger partial charge in [-0.1, -0.05) is 5.16 Å². The first-order valence-corrected chi connectivity index (χ1v) is 8.57. The largest absolute Gasteiger partial charge is 0.493 e. The molecule has 8 nitrogen and oxygen atoms in total. The molecular formula is C21H21NO7. The van der Waals surface area contributed by atoms with Crippen LogP contribution >= 0.6 is 0 Å². The van der Waals surface area contributed by atoms with Crippen LogP contribution in [-0.4, -0.2) is 52.9 Å². The molecule has 0 spiro atoms. The van der Waals surface area contributed by atoms with Crippen molar-refractivity contribution in [2.45, 2.75) is 0 Å². The maximum absolute atomic E-state index is 12.8. The summed E-state index contributed by atoms with van der Waals surface area (Å²) < 4.78 is 26.7. The number of ether oxygens (including phenoxy) is 5. The number of hydrogen-bond donors (Lipinski definition) is 1. The van der Waals surface area contributed by atoms with E-state index >= 15 is 0 Å². The molecule has 0 bridgehead atoms. The van der Waals surface area contributed by atoms with Crippen molar-refractivity contribution in [3.05, 3.63) is 35.4 Å². The molecule has 0 amide bonds. The van der Waals surface area contributed by atoms with Gasteiger partial charge in [0, 0.05) is 16.3 Å². The molecule has 0 aromatic heterocycles. The summed E-state index contributed by atoms with van der Waals surface area (Å²) in [6.45, 7) is 0. The predicted octanol–water partition coefficient (Wildman–Crippen LogP) is 3.62. The Morgan fingerprint density at radius 2 is 1.14 bits per heavy atom. The van der Waals surface area contributed by atoms with Crippen molar-refractivity contribution in [3.63, 3.8) is 0 Å².